The third kappa shape index (κ3) is 3.18. The molecule has 22 heavy (non-hydrogen) atoms. The molecule has 0 spiro atoms. The molecule has 0 atom stereocenters. The Kier molecular flexibility index (Phi) is 4.21. The number of hydrogen-bond acceptors (Lipinski definition) is 4. The van der Waals surface area contributed by atoms with Crippen molar-refractivity contribution in [2.75, 3.05) is 18.0 Å². The molecule has 112 valence electrons. The summed E-state index contributed by atoms with van der Waals surface area (Å²) in [6.07, 6.45) is 4.68. The van der Waals surface area contributed by atoms with Gasteiger partial charge in [-0.25, -0.2) is 0 Å². The average molecular weight is 292 g/mol. The summed E-state index contributed by atoms with van der Waals surface area (Å²) in [5.74, 6) is 0. The van der Waals surface area contributed by atoms with Gasteiger partial charge in [0, 0.05) is 35.7 Å². The number of rotatable bonds is 0. The quantitative estimate of drug-likeness (QED) is 0.557. The molecule has 1 aromatic heterocycles. The van der Waals surface area contributed by atoms with Crippen LogP contribution < -0.4 is 16.8 Å². The SMILES string of the molecule is Nc1ccc2c(c1)CNCC2.Nc1cccc2ccncc12. The van der Waals surface area contributed by atoms with Crippen LogP contribution >= 0.6 is 0 Å². The fraction of sp³-hybridized carbons (Fsp3) is 0.167. The lowest BCUT2D eigenvalue weighted by atomic mass is 10.0. The molecule has 1 aliphatic rings. The minimum Gasteiger partial charge on any atom is -0.399 e. The Morgan fingerprint density at radius 3 is 2.77 bits per heavy atom. The fourth-order valence-corrected chi connectivity index (χ4v) is 2.64. The lowest BCUT2D eigenvalue weighted by molar-refractivity contribution is 0.644. The molecule has 1 aliphatic heterocycles. The summed E-state index contributed by atoms with van der Waals surface area (Å²) in [6, 6.07) is 14.0. The van der Waals surface area contributed by atoms with Crippen LogP contribution in [0.25, 0.3) is 10.8 Å². The summed E-state index contributed by atoms with van der Waals surface area (Å²) >= 11 is 0. The van der Waals surface area contributed by atoms with Gasteiger partial charge in [-0.15, -0.1) is 0 Å². The highest BCUT2D eigenvalue weighted by molar-refractivity contribution is 5.91. The monoisotopic (exact) mass is 292 g/mol. The lowest BCUT2D eigenvalue weighted by Crippen LogP contribution is -2.23. The van der Waals surface area contributed by atoms with Gasteiger partial charge in [0.1, 0.15) is 0 Å². The van der Waals surface area contributed by atoms with Gasteiger partial charge < -0.3 is 16.8 Å². The first-order valence-corrected chi connectivity index (χ1v) is 7.40. The zero-order valence-electron chi connectivity index (χ0n) is 12.4. The zero-order chi connectivity index (χ0) is 15.4. The van der Waals surface area contributed by atoms with Crippen molar-refractivity contribution in [2.45, 2.75) is 13.0 Å². The number of hydrogen-bond donors (Lipinski definition) is 3. The highest BCUT2D eigenvalue weighted by Crippen LogP contribution is 2.18. The second kappa shape index (κ2) is 6.45. The van der Waals surface area contributed by atoms with Gasteiger partial charge in [-0.1, -0.05) is 18.2 Å². The predicted molar refractivity (Wildman–Crippen MR) is 92.4 cm³/mol. The van der Waals surface area contributed by atoms with Gasteiger partial charge in [-0.2, -0.15) is 0 Å². The van der Waals surface area contributed by atoms with E-state index >= 15 is 0 Å². The van der Waals surface area contributed by atoms with Crippen molar-refractivity contribution in [3.8, 4) is 0 Å². The lowest BCUT2D eigenvalue weighted by Gasteiger charge is -2.16. The second-order valence-electron chi connectivity index (χ2n) is 5.40. The Morgan fingerprint density at radius 2 is 1.91 bits per heavy atom. The normalized spacial score (nSPS) is 13.1. The van der Waals surface area contributed by atoms with E-state index in [0.29, 0.717) is 0 Å². The largest absolute Gasteiger partial charge is 0.399 e. The molecule has 4 nitrogen and oxygen atoms in total. The summed E-state index contributed by atoms with van der Waals surface area (Å²) < 4.78 is 0. The molecule has 2 heterocycles. The van der Waals surface area contributed by atoms with Crippen LogP contribution in [-0.2, 0) is 13.0 Å². The third-order valence-electron chi connectivity index (χ3n) is 3.83. The summed E-state index contributed by atoms with van der Waals surface area (Å²) in [7, 11) is 0. The van der Waals surface area contributed by atoms with Crippen LogP contribution in [-0.4, -0.2) is 11.5 Å². The number of aromatic nitrogens is 1. The number of nitrogens with one attached hydrogen (secondary N) is 1. The van der Waals surface area contributed by atoms with Crippen molar-refractivity contribution in [1.82, 2.24) is 10.3 Å². The van der Waals surface area contributed by atoms with Crippen LogP contribution in [0.1, 0.15) is 11.1 Å². The first-order chi connectivity index (χ1) is 10.7. The second-order valence-corrected chi connectivity index (χ2v) is 5.40. The van der Waals surface area contributed by atoms with Crippen LogP contribution in [0, 0.1) is 0 Å². The Morgan fingerprint density at radius 1 is 1.00 bits per heavy atom. The maximum atomic E-state index is 5.72. The van der Waals surface area contributed by atoms with Crippen molar-refractivity contribution >= 4 is 22.1 Å². The Balaban J connectivity index is 0.000000131. The summed E-state index contributed by atoms with van der Waals surface area (Å²) in [4.78, 5) is 3.99. The molecular weight excluding hydrogens is 272 g/mol. The Labute approximate surface area is 130 Å². The maximum Gasteiger partial charge on any atom is 0.0409 e. The smallest absolute Gasteiger partial charge is 0.0409 e. The first-order valence-electron chi connectivity index (χ1n) is 7.40. The van der Waals surface area contributed by atoms with E-state index in [9.17, 15) is 0 Å². The molecule has 4 heteroatoms. The van der Waals surface area contributed by atoms with E-state index < -0.39 is 0 Å². The number of anilines is 2. The molecule has 4 rings (SSSR count). The van der Waals surface area contributed by atoms with Gasteiger partial charge in [0.2, 0.25) is 0 Å². The van der Waals surface area contributed by atoms with Gasteiger partial charge in [0.25, 0.3) is 0 Å². The highest BCUT2D eigenvalue weighted by Gasteiger charge is 2.06. The maximum absolute atomic E-state index is 5.72. The molecule has 0 amide bonds. The Hall–Kier alpha value is -2.59. The van der Waals surface area contributed by atoms with Crippen molar-refractivity contribution in [3.63, 3.8) is 0 Å². The number of nitrogens with two attached hydrogens (primary N) is 2. The molecule has 0 saturated heterocycles. The fourth-order valence-electron chi connectivity index (χ4n) is 2.64. The van der Waals surface area contributed by atoms with E-state index in [1.54, 1.807) is 12.4 Å². The molecule has 0 bridgehead atoms. The first kappa shape index (κ1) is 14.4. The van der Waals surface area contributed by atoms with E-state index in [1.165, 1.54) is 11.1 Å². The number of nitrogen functional groups attached to an aromatic ring is 2. The number of nitrogens with zero attached hydrogens (tertiary/aromatic N) is 1. The molecule has 0 aliphatic carbocycles. The highest BCUT2D eigenvalue weighted by atomic mass is 14.9. The van der Waals surface area contributed by atoms with Gasteiger partial charge in [-0.05, 0) is 53.7 Å². The zero-order valence-corrected chi connectivity index (χ0v) is 12.4. The predicted octanol–water partition coefficient (Wildman–Crippen LogP) is 2.73. The van der Waals surface area contributed by atoms with Crippen molar-refractivity contribution in [1.29, 1.82) is 0 Å². The van der Waals surface area contributed by atoms with Gasteiger partial charge in [0.05, 0.1) is 0 Å². The van der Waals surface area contributed by atoms with Crippen LogP contribution in [0.5, 0.6) is 0 Å². The average Bonchev–Trinajstić information content (AvgIpc) is 2.56. The summed E-state index contributed by atoms with van der Waals surface area (Å²) in [5, 5.41) is 5.47. The number of benzene rings is 2. The number of fused-ring (bicyclic) bond motifs is 2. The molecular formula is C18H20N4. The van der Waals surface area contributed by atoms with E-state index in [1.807, 2.05) is 30.3 Å². The van der Waals surface area contributed by atoms with E-state index in [0.717, 1.165) is 41.7 Å². The molecule has 0 unspecified atom stereocenters. The standard InChI is InChI=1S/C9H12N2.C9H8N2/c10-9-2-1-7-3-4-11-6-8(7)5-9;10-9-3-1-2-7-4-5-11-6-8(7)9/h1-2,5,11H,3-4,6,10H2;1-6H,10H2. The molecule has 2 aromatic carbocycles. The third-order valence-corrected chi connectivity index (χ3v) is 3.83. The minimum absolute atomic E-state index is 0.788. The van der Waals surface area contributed by atoms with Crippen molar-refractivity contribution < 1.29 is 0 Å². The van der Waals surface area contributed by atoms with Gasteiger partial charge in [0.15, 0.2) is 0 Å². The van der Waals surface area contributed by atoms with Crippen LogP contribution in [0.15, 0.2) is 54.9 Å². The molecule has 0 radical (unpaired) electrons. The van der Waals surface area contributed by atoms with Gasteiger partial charge >= 0.3 is 0 Å². The number of pyridine rings is 1. The molecule has 0 saturated carbocycles. The van der Waals surface area contributed by atoms with Crippen LogP contribution in [0.3, 0.4) is 0 Å². The molecule has 5 N–H and O–H groups in total. The summed E-state index contributed by atoms with van der Waals surface area (Å²) in [5.41, 5.74) is 15.8. The van der Waals surface area contributed by atoms with Crippen LogP contribution in [0.2, 0.25) is 0 Å². The van der Waals surface area contributed by atoms with Crippen molar-refractivity contribution in [2.24, 2.45) is 0 Å². The van der Waals surface area contributed by atoms with Crippen LogP contribution in [0.4, 0.5) is 11.4 Å². The van der Waals surface area contributed by atoms with E-state index in [2.05, 4.69) is 22.4 Å². The molecule has 0 fully saturated rings. The van der Waals surface area contributed by atoms with E-state index in [-0.39, 0.29) is 0 Å². The summed E-state index contributed by atoms with van der Waals surface area (Å²) in [6.45, 7) is 2.07. The van der Waals surface area contributed by atoms with E-state index in [4.69, 9.17) is 11.5 Å². The van der Waals surface area contributed by atoms with Crippen molar-refractivity contribution in [3.05, 3.63) is 66.0 Å². The Bertz CT molecular complexity index is 778. The minimum atomic E-state index is 0.788. The van der Waals surface area contributed by atoms with Gasteiger partial charge in [-0.3, -0.25) is 4.98 Å². The molecule has 3 aromatic rings. The topological polar surface area (TPSA) is 77.0 Å².